The van der Waals surface area contributed by atoms with E-state index in [0.29, 0.717) is 32.6 Å². The topological polar surface area (TPSA) is 88.2 Å². The van der Waals surface area contributed by atoms with Gasteiger partial charge in [0, 0.05) is 32.6 Å². The van der Waals surface area contributed by atoms with Crippen LogP contribution in [0.15, 0.2) is 60.7 Å². The second kappa shape index (κ2) is 11.5. The van der Waals surface area contributed by atoms with Gasteiger partial charge in [-0.25, -0.2) is 14.4 Å². The lowest BCUT2D eigenvalue weighted by molar-refractivity contribution is -0.147. The molecule has 3 amide bonds. The Kier molecular flexibility index (Phi) is 8.51. The fourth-order valence-electron chi connectivity index (χ4n) is 3.53. The van der Waals surface area contributed by atoms with Gasteiger partial charge in [-0.2, -0.15) is 0 Å². The molecule has 0 unspecified atom stereocenters. The summed E-state index contributed by atoms with van der Waals surface area (Å²) in [5, 5.41) is 2.83. The molecule has 2 aromatic carbocycles. The molecule has 1 atom stereocenters. The van der Waals surface area contributed by atoms with Crippen LogP contribution in [-0.4, -0.2) is 65.7 Å². The van der Waals surface area contributed by atoms with Crippen molar-refractivity contribution in [2.75, 3.05) is 26.2 Å². The van der Waals surface area contributed by atoms with Crippen LogP contribution in [-0.2, 0) is 27.3 Å². The SMILES string of the molecule is CC(C)(C)OC(=O)N1CCN(C(=O)N[C@@H](Cc2ccccc2)C(=O)OCc2ccccc2)CC1. The first-order chi connectivity index (χ1) is 16.2. The molecule has 0 radical (unpaired) electrons. The lowest BCUT2D eigenvalue weighted by atomic mass is 10.1. The second-order valence-corrected chi connectivity index (χ2v) is 9.24. The van der Waals surface area contributed by atoms with Crippen LogP contribution >= 0.6 is 0 Å². The molecule has 3 rings (SSSR count). The maximum atomic E-state index is 13.0. The lowest BCUT2D eigenvalue weighted by Crippen LogP contribution is -2.56. The number of benzene rings is 2. The molecule has 0 aromatic heterocycles. The smallest absolute Gasteiger partial charge is 0.410 e. The number of esters is 1. The molecule has 0 aliphatic carbocycles. The Morgan fingerprint density at radius 3 is 1.94 bits per heavy atom. The maximum absolute atomic E-state index is 13.0. The number of piperazine rings is 1. The molecule has 1 heterocycles. The van der Waals surface area contributed by atoms with E-state index in [9.17, 15) is 14.4 Å². The maximum Gasteiger partial charge on any atom is 0.410 e. The van der Waals surface area contributed by atoms with Gasteiger partial charge in [-0.3, -0.25) is 0 Å². The first-order valence-electron chi connectivity index (χ1n) is 11.5. The van der Waals surface area contributed by atoms with E-state index in [-0.39, 0.29) is 18.7 Å². The van der Waals surface area contributed by atoms with Gasteiger partial charge in [0.05, 0.1) is 0 Å². The monoisotopic (exact) mass is 467 g/mol. The zero-order valence-electron chi connectivity index (χ0n) is 20.0. The van der Waals surface area contributed by atoms with Crippen LogP contribution in [0, 0.1) is 0 Å². The number of nitrogens with one attached hydrogen (secondary N) is 1. The van der Waals surface area contributed by atoms with E-state index >= 15 is 0 Å². The molecule has 8 heteroatoms. The summed E-state index contributed by atoms with van der Waals surface area (Å²) < 4.78 is 10.9. The van der Waals surface area contributed by atoms with Gasteiger partial charge in [-0.1, -0.05) is 60.7 Å². The quantitative estimate of drug-likeness (QED) is 0.656. The molecule has 1 fully saturated rings. The van der Waals surface area contributed by atoms with E-state index in [0.717, 1.165) is 11.1 Å². The first kappa shape index (κ1) is 25.1. The molecule has 182 valence electrons. The predicted octanol–water partition coefficient (Wildman–Crippen LogP) is 3.60. The summed E-state index contributed by atoms with van der Waals surface area (Å²) in [6.07, 6.45) is -0.0723. The van der Waals surface area contributed by atoms with Gasteiger partial charge in [0.1, 0.15) is 18.2 Å². The van der Waals surface area contributed by atoms with Crippen LogP contribution in [0.1, 0.15) is 31.9 Å². The largest absolute Gasteiger partial charge is 0.459 e. The van der Waals surface area contributed by atoms with E-state index in [4.69, 9.17) is 9.47 Å². The zero-order valence-corrected chi connectivity index (χ0v) is 20.0. The summed E-state index contributed by atoms with van der Waals surface area (Å²) in [5.74, 6) is -0.492. The Morgan fingerprint density at radius 2 is 1.38 bits per heavy atom. The Morgan fingerprint density at radius 1 is 0.853 bits per heavy atom. The van der Waals surface area contributed by atoms with E-state index in [2.05, 4.69) is 5.32 Å². The number of ether oxygens (including phenoxy) is 2. The number of urea groups is 1. The van der Waals surface area contributed by atoms with Crippen LogP contribution in [0.5, 0.6) is 0 Å². The Bertz CT molecular complexity index is 951. The molecule has 2 aromatic rings. The summed E-state index contributed by atoms with van der Waals surface area (Å²) in [7, 11) is 0. The number of hydrogen-bond acceptors (Lipinski definition) is 5. The molecule has 34 heavy (non-hydrogen) atoms. The van der Waals surface area contributed by atoms with Gasteiger partial charge >= 0.3 is 18.1 Å². The number of hydrogen-bond donors (Lipinski definition) is 1. The molecule has 0 spiro atoms. The fourth-order valence-corrected chi connectivity index (χ4v) is 3.53. The number of carbonyl (C=O) groups is 3. The summed E-state index contributed by atoms with van der Waals surface area (Å²) in [6.45, 7) is 7.02. The summed E-state index contributed by atoms with van der Waals surface area (Å²) in [5.41, 5.74) is 1.22. The Labute approximate surface area is 200 Å². The second-order valence-electron chi connectivity index (χ2n) is 9.24. The van der Waals surface area contributed by atoms with Crippen molar-refractivity contribution in [2.45, 2.75) is 45.4 Å². The molecular weight excluding hydrogens is 434 g/mol. The minimum absolute atomic E-state index is 0.134. The van der Waals surface area contributed by atoms with E-state index in [1.807, 2.05) is 81.4 Å². The summed E-state index contributed by atoms with van der Waals surface area (Å²) in [6, 6.07) is 17.7. The van der Waals surface area contributed by atoms with E-state index in [1.165, 1.54) is 0 Å². The normalized spacial score (nSPS) is 14.8. The third-order valence-corrected chi connectivity index (χ3v) is 5.31. The van der Waals surface area contributed by atoms with Crippen molar-refractivity contribution in [1.29, 1.82) is 0 Å². The van der Waals surface area contributed by atoms with Crippen molar-refractivity contribution in [3.63, 3.8) is 0 Å². The highest BCUT2D eigenvalue weighted by Gasteiger charge is 2.30. The average molecular weight is 468 g/mol. The first-order valence-corrected chi connectivity index (χ1v) is 11.5. The number of carbonyl (C=O) groups excluding carboxylic acids is 3. The van der Waals surface area contributed by atoms with Gasteiger partial charge in [0.15, 0.2) is 0 Å². The van der Waals surface area contributed by atoms with Crippen LogP contribution in [0.25, 0.3) is 0 Å². The molecular formula is C26H33N3O5. The van der Waals surface area contributed by atoms with E-state index < -0.39 is 17.6 Å². The van der Waals surface area contributed by atoms with Crippen LogP contribution in [0.4, 0.5) is 9.59 Å². The van der Waals surface area contributed by atoms with E-state index in [1.54, 1.807) is 9.80 Å². The highest BCUT2D eigenvalue weighted by molar-refractivity contribution is 5.84. The minimum Gasteiger partial charge on any atom is -0.459 e. The highest BCUT2D eigenvalue weighted by atomic mass is 16.6. The van der Waals surface area contributed by atoms with Crippen LogP contribution in [0.2, 0.25) is 0 Å². The molecule has 1 N–H and O–H groups in total. The predicted molar refractivity (Wildman–Crippen MR) is 128 cm³/mol. The third-order valence-electron chi connectivity index (χ3n) is 5.31. The standard InChI is InChI=1S/C26H33N3O5/c1-26(2,3)34-25(32)29-16-14-28(15-17-29)24(31)27-22(18-20-10-6-4-7-11-20)23(30)33-19-21-12-8-5-9-13-21/h4-13,22H,14-19H2,1-3H3,(H,27,31)/t22-/m0/s1. The van der Waals surface area contributed by atoms with Gasteiger partial charge in [-0.05, 0) is 31.9 Å². The third kappa shape index (κ3) is 7.79. The van der Waals surface area contributed by atoms with Crippen molar-refractivity contribution < 1.29 is 23.9 Å². The van der Waals surface area contributed by atoms with Gasteiger partial charge in [-0.15, -0.1) is 0 Å². The number of amides is 3. The average Bonchev–Trinajstić information content (AvgIpc) is 2.82. The van der Waals surface area contributed by atoms with Gasteiger partial charge in [0.2, 0.25) is 0 Å². The molecule has 0 saturated carbocycles. The van der Waals surface area contributed by atoms with Crippen molar-refractivity contribution in [3.05, 3.63) is 71.8 Å². The number of rotatable bonds is 6. The van der Waals surface area contributed by atoms with Crippen molar-refractivity contribution >= 4 is 18.1 Å². The highest BCUT2D eigenvalue weighted by Crippen LogP contribution is 2.13. The molecule has 0 bridgehead atoms. The Balaban J connectivity index is 1.58. The Hall–Kier alpha value is -3.55. The molecule has 1 saturated heterocycles. The number of nitrogens with zero attached hydrogens (tertiary/aromatic N) is 2. The lowest BCUT2D eigenvalue weighted by Gasteiger charge is -2.36. The fraction of sp³-hybridized carbons (Fsp3) is 0.423. The molecule has 1 aliphatic rings. The van der Waals surface area contributed by atoms with Crippen molar-refractivity contribution in [2.24, 2.45) is 0 Å². The molecule has 1 aliphatic heterocycles. The van der Waals surface area contributed by atoms with Gasteiger partial charge < -0.3 is 24.6 Å². The summed E-state index contributed by atoms with van der Waals surface area (Å²) >= 11 is 0. The zero-order chi connectivity index (χ0) is 24.6. The van der Waals surface area contributed by atoms with Crippen LogP contribution in [0.3, 0.4) is 0 Å². The minimum atomic E-state index is -0.831. The molecule has 8 nitrogen and oxygen atoms in total. The van der Waals surface area contributed by atoms with Gasteiger partial charge in [0.25, 0.3) is 0 Å². The summed E-state index contributed by atoms with van der Waals surface area (Å²) in [4.78, 5) is 41.3. The van der Waals surface area contributed by atoms with Crippen molar-refractivity contribution in [1.82, 2.24) is 15.1 Å². The van der Waals surface area contributed by atoms with Crippen LogP contribution < -0.4 is 5.32 Å². The van der Waals surface area contributed by atoms with Crippen molar-refractivity contribution in [3.8, 4) is 0 Å².